The smallest absolute Gasteiger partial charge is 0.236 e. The van der Waals surface area contributed by atoms with Gasteiger partial charge in [0, 0.05) is 11.3 Å². The molecule has 0 unspecified atom stereocenters. The molecule has 0 spiro atoms. The van der Waals surface area contributed by atoms with E-state index in [1.165, 1.54) is 0 Å². The van der Waals surface area contributed by atoms with Crippen molar-refractivity contribution < 1.29 is 9.21 Å². The lowest BCUT2D eigenvalue weighted by Crippen LogP contribution is -2.15. The molecule has 6 nitrogen and oxygen atoms in total. The van der Waals surface area contributed by atoms with Gasteiger partial charge in [0.2, 0.25) is 11.8 Å². The minimum Gasteiger partial charge on any atom is -0.440 e. The topological polar surface area (TPSA) is 83.8 Å². The number of para-hydroxylation sites is 2. The third-order valence-electron chi connectivity index (χ3n) is 4.78. The molecule has 3 aromatic heterocycles. The molecule has 5 rings (SSSR count). The number of nitrogens with zero attached hydrogens (tertiary/aromatic N) is 2. The van der Waals surface area contributed by atoms with Crippen LogP contribution in [0, 0.1) is 6.92 Å². The van der Waals surface area contributed by atoms with Gasteiger partial charge in [-0.15, -0.1) is 11.3 Å². The van der Waals surface area contributed by atoms with E-state index >= 15 is 0 Å². The molecule has 2 aromatic carbocycles. The normalized spacial score (nSPS) is 11.1. The number of anilines is 1. The highest BCUT2D eigenvalue weighted by Crippen LogP contribution is 2.26. The molecule has 2 N–H and O–H groups in total. The van der Waals surface area contributed by atoms with Crippen molar-refractivity contribution in [2.45, 2.75) is 13.3 Å². The molecule has 0 radical (unpaired) electrons. The van der Waals surface area contributed by atoms with E-state index in [9.17, 15) is 4.79 Å². The third-order valence-corrected chi connectivity index (χ3v) is 5.64. The Bertz CT molecular complexity index is 1280. The highest BCUT2D eigenvalue weighted by molar-refractivity contribution is 7.13. The Morgan fingerprint density at radius 3 is 2.67 bits per heavy atom. The zero-order valence-electron chi connectivity index (χ0n) is 16.2. The summed E-state index contributed by atoms with van der Waals surface area (Å²) in [6, 6.07) is 19.4. The third kappa shape index (κ3) is 3.62. The lowest BCUT2D eigenvalue weighted by Gasteiger charge is -2.05. The number of carbonyl (C=O) groups excluding carboxylic acids is 1. The van der Waals surface area contributed by atoms with E-state index < -0.39 is 0 Å². The maximum atomic E-state index is 12.5. The number of carbonyl (C=O) groups is 1. The molecule has 0 bridgehead atoms. The molecule has 0 atom stereocenters. The van der Waals surface area contributed by atoms with Crippen molar-refractivity contribution in [2.75, 3.05) is 5.32 Å². The van der Waals surface area contributed by atoms with Crippen molar-refractivity contribution in [1.29, 1.82) is 0 Å². The predicted molar refractivity (Wildman–Crippen MR) is 118 cm³/mol. The van der Waals surface area contributed by atoms with Gasteiger partial charge in [0.25, 0.3) is 0 Å². The molecule has 7 heteroatoms. The van der Waals surface area contributed by atoms with E-state index in [4.69, 9.17) is 4.42 Å². The number of thiophene rings is 1. The first-order chi connectivity index (χ1) is 14.7. The second-order valence-corrected chi connectivity index (χ2v) is 7.85. The second-order valence-electron chi connectivity index (χ2n) is 6.90. The maximum Gasteiger partial charge on any atom is 0.236 e. The van der Waals surface area contributed by atoms with Crippen LogP contribution in [0.1, 0.15) is 11.5 Å². The number of oxazole rings is 1. The molecule has 0 aliphatic heterocycles. The van der Waals surface area contributed by atoms with Crippen LogP contribution in [0.5, 0.6) is 0 Å². The highest BCUT2D eigenvalue weighted by atomic mass is 32.1. The van der Waals surface area contributed by atoms with Crippen LogP contribution >= 0.6 is 11.3 Å². The van der Waals surface area contributed by atoms with Gasteiger partial charge in [-0.05, 0) is 54.8 Å². The van der Waals surface area contributed by atoms with Crippen LogP contribution in [0.3, 0.4) is 0 Å². The van der Waals surface area contributed by atoms with Crippen molar-refractivity contribution >= 4 is 34.0 Å². The number of rotatable bonds is 5. The fourth-order valence-corrected chi connectivity index (χ4v) is 3.90. The number of aromatic amines is 1. The first kappa shape index (κ1) is 18.3. The van der Waals surface area contributed by atoms with Crippen molar-refractivity contribution in [3.63, 3.8) is 0 Å². The van der Waals surface area contributed by atoms with Gasteiger partial charge < -0.3 is 14.7 Å². The summed E-state index contributed by atoms with van der Waals surface area (Å²) in [4.78, 5) is 25.8. The summed E-state index contributed by atoms with van der Waals surface area (Å²) in [5.74, 6) is 1.88. The highest BCUT2D eigenvalue weighted by Gasteiger charge is 2.15. The number of hydrogen-bond acceptors (Lipinski definition) is 5. The number of hydrogen-bond donors (Lipinski definition) is 2. The van der Waals surface area contributed by atoms with E-state index in [1.807, 2.05) is 73.0 Å². The molecule has 0 aliphatic carbocycles. The minimum atomic E-state index is -0.138. The Kier molecular flexibility index (Phi) is 4.65. The molecule has 3 heterocycles. The summed E-state index contributed by atoms with van der Waals surface area (Å²) >= 11 is 1.56. The van der Waals surface area contributed by atoms with E-state index in [1.54, 1.807) is 11.3 Å². The van der Waals surface area contributed by atoms with Crippen LogP contribution in [0.4, 0.5) is 5.69 Å². The molecular formula is C23H18N4O2S. The zero-order chi connectivity index (χ0) is 20.5. The SMILES string of the molecule is Cc1oc(-c2cccs2)nc1CC(=O)Nc1ccc(-c2nc3ccccc3[nH]2)cc1. The van der Waals surface area contributed by atoms with Crippen LogP contribution in [0.15, 0.2) is 70.5 Å². The van der Waals surface area contributed by atoms with Crippen molar-refractivity contribution in [3.8, 4) is 22.2 Å². The number of amides is 1. The zero-order valence-corrected chi connectivity index (χ0v) is 17.0. The largest absolute Gasteiger partial charge is 0.440 e. The van der Waals surface area contributed by atoms with E-state index in [-0.39, 0.29) is 12.3 Å². The Hall–Kier alpha value is -3.71. The fourth-order valence-electron chi connectivity index (χ4n) is 3.26. The van der Waals surface area contributed by atoms with Crippen LogP contribution in [0.25, 0.3) is 33.2 Å². The maximum absolute atomic E-state index is 12.5. The number of aromatic nitrogens is 3. The summed E-state index contributed by atoms with van der Waals surface area (Å²) in [7, 11) is 0. The average molecular weight is 414 g/mol. The van der Waals surface area contributed by atoms with Gasteiger partial charge in [-0.1, -0.05) is 18.2 Å². The van der Waals surface area contributed by atoms with Gasteiger partial charge >= 0.3 is 0 Å². The fraction of sp³-hybridized carbons (Fsp3) is 0.0870. The molecule has 148 valence electrons. The minimum absolute atomic E-state index is 0.138. The summed E-state index contributed by atoms with van der Waals surface area (Å²) in [5.41, 5.74) is 4.25. The summed E-state index contributed by atoms with van der Waals surface area (Å²) in [5, 5.41) is 4.89. The van der Waals surface area contributed by atoms with Crippen LogP contribution < -0.4 is 5.32 Å². The number of fused-ring (bicyclic) bond motifs is 1. The predicted octanol–water partition coefficient (Wildman–Crippen LogP) is 5.44. The Morgan fingerprint density at radius 2 is 1.90 bits per heavy atom. The summed E-state index contributed by atoms with van der Waals surface area (Å²) in [6.07, 6.45) is 0.159. The Morgan fingerprint density at radius 1 is 1.07 bits per heavy atom. The molecule has 0 saturated heterocycles. The lowest BCUT2D eigenvalue weighted by molar-refractivity contribution is -0.115. The number of aryl methyl sites for hydroxylation is 1. The number of benzene rings is 2. The Balaban J connectivity index is 1.27. The number of H-pyrrole nitrogens is 1. The van der Waals surface area contributed by atoms with Crippen molar-refractivity contribution in [2.24, 2.45) is 0 Å². The van der Waals surface area contributed by atoms with Gasteiger partial charge in [-0.2, -0.15) is 0 Å². The lowest BCUT2D eigenvalue weighted by atomic mass is 10.2. The number of imidazole rings is 1. The van der Waals surface area contributed by atoms with Crippen LogP contribution in [-0.2, 0) is 11.2 Å². The van der Waals surface area contributed by atoms with Gasteiger partial charge in [-0.3, -0.25) is 4.79 Å². The van der Waals surface area contributed by atoms with Crippen molar-refractivity contribution in [3.05, 3.63) is 77.5 Å². The molecule has 1 amide bonds. The molecular weight excluding hydrogens is 396 g/mol. The molecule has 5 aromatic rings. The number of nitrogens with one attached hydrogen (secondary N) is 2. The Labute approximate surface area is 176 Å². The van der Waals surface area contributed by atoms with Crippen molar-refractivity contribution in [1.82, 2.24) is 15.0 Å². The van der Waals surface area contributed by atoms with Gasteiger partial charge in [-0.25, -0.2) is 9.97 Å². The van der Waals surface area contributed by atoms with Crippen LogP contribution in [-0.4, -0.2) is 20.9 Å². The molecule has 0 fully saturated rings. The van der Waals surface area contributed by atoms with E-state index in [2.05, 4.69) is 20.3 Å². The first-order valence-electron chi connectivity index (χ1n) is 9.51. The van der Waals surface area contributed by atoms with E-state index in [0.717, 1.165) is 33.0 Å². The van der Waals surface area contributed by atoms with E-state index in [0.29, 0.717) is 17.3 Å². The summed E-state index contributed by atoms with van der Waals surface area (Å²) < 4.78 is 5.71. The average Bonchev–Trinajstić information content (AvgIpc) is 3.48. The molecule has 0 aliphatic rings. The standard InChI is InChI=1S/C23H18N4O2S/c1-14-19(27-23(29-14)20-7-4-12-30-20)13-21(28)24-16-10-8-15(9-11-16)22-25-17-5-2-3-6-18(17)26-22/h2-12H,13H2,1H3,(H,24,28)(H,25,26). The first-order valence-corrected chi connectivity index (χ1v) is 10.4. The van der Waals surface area contributed by atoms with Gasteiger partial charge in [0.1, 0.15) is 11.6 Å². The van der Waals surface area contributed by atoms with Crippen LogP contribution in [0.2, 0.25) is 0 Å². The molecule has 0 saturated carbocycles. The molecule has 30 heavy (non-hydrogen) atoms. The monoisotopic (exact) mass is 414 g/mol. The quantitative estimate of drug-likeness (QED) is 0.401. The second kappa shape index (κ2) is 7.61. The van der Waals surface area contributed by atoms with Gasteiger partial charge in [0.15, 0.2) is 0 Å². The summed E-state index contributed by atoms with van der Waals surface area (Å²) in [6.45, 7) is 1.83. The van der Waals surface area contributed by atoms with Gasteiger partial charge in [0.05, 0.1) is 28.0 Å².